The summed E-state index contributed by atoms with van der Waals surface area (Å²) in [5.74, 6) is 0.295. The molecule has 3 nitrogen and oxygen atoms in total. The minimum atomic E-state index is -0.120. The number of ketones is 1. The van der Waals surface area contributed by atoms with Crippen LogP contribution in [-0.2, 0) is 7.05 Å². The van der Waals surface area contributed by atoms with Gasteiger partial charge in [0.05, 0.1) is 5.02 Å². The van der Waals surface area contributed by atoms with Crippen molar-refractivity contribution < 1.29 is 4.79 Å². The van der Waals surface area contributed by atoms with Crippen molar-refractivity contribution in [3.05, 3.63) is 50.6 Å². The van der Waals surface area contributed by atoms with E-state index in [0.29, 0.717) is 16.4 Å². The topological polar surface area (TPSA) is 34.9 Å². The number of benzene rings is 1. The minimum Gasteiger partial charge on any atom is -0.331 e. The van der Waals surface area contributed by atoms with E-state index >= 15 is 0 Å². The smallest absolute Gasteiger partial charge is 0.228 e. The van der Waals surface area contributed by atoms with E-state index in [0.717, 1.165) is 3.57 Å². The van der Waals surface area contributed by atoms with Crippen molar-refractivity contribution in [1.29, 1.82) is 0 Å². The number of hydrogen-bond donors (Lipinski definition) is 0. The summed E-state index contributed by atoms with van der Waals surface area (Å²) in [6.07, 6.45) is 3.34. The molecule has 0 fully saturated rings. The number of carbonyl (C=O) groups is 1. The number of nitrogens with zero attached hydrogens (tertiary/aromatic N) is 2. The standard InChI is InChI=1S/C11H8ClIN2O/c1-15-5-4-14-11(15)10(16)7-2-3-9(13)8(12)6-7/h2-6H,1H3. The Bertz CT molecular complexity index is 551. The number of halogens is 2. The second-order valence-corrected chi connectivity index (χ2v) is 4.89. The fraction of sp³-hybridized carbons (Fsp3) is 0.0909. The largest absolute Gasteiger partial charge is 0.331 e. The van der Waals surface area contributed by atoms with E-state index < -0.39 is 0 Å². The molecule has 0 amide bonds. The van der Waals surface area contributed by atoms with Gasteiger partial charge in [0.1, 0.15) is 0 Å². The van der Waals surface area contributed by atoms with Crippen LogP contribution in [0.4, 0.5) is 0 Å². The van der Waals surface area contributed by atoms with Gasteiger partial charge in [-0.3, -0.25) is 4.79 Å². The minimum absolute atomic E-state index is 0.120. The lowest BCUT2D eigenvalue weighted by Gasteiger charge is -2.02. The van der Waals surface area contributed by atoms with Crippen LogP contribution in [0.25, 0.3) is 0 Å². The number of rotatable bonds is 2. The quantitative estimate of drug-likeness (QED) is 0.619. The molecular weight excluding hydrogens is 338 g/mol. The van der Waals surface area contributed by atoms with Crippen LogP contribution in [0.3, 0.4) is 0 Å². The molecule has 16 heavy (non-hydrogen) atoms. The molecule has 0 N–H and O–H groups in total. The molecule has 82 valence electrons. The highest BCUT2D eigenvalue weighted by Gasteiger charge is 2.14. The Morgan fingerprint density at radius 1 is 1.50 bits per heavy atom. The highest BCUT2D eigenvalue weighted by Crippen LogP contribution is 2.20. The summed E-state index contributed by atoms with van der Waals surface area (Å²) in [6.45, 7) is 0. The van der Waals surface area contributed by atoms with E-state index in [1.54, 1.807) is 36.1 Å². The molecule has 0 saturated heterocycles. The van der Waals surface area contributed by atoms with Crippen LogP contribution in [0.15, 0.2) is 30.6 Å². The summed E-state index contributed by atoms with van der Waals surface area (Å²) in [5.41, 5.74) is 0.555. The molecule has 1 aromatic carbocycles. The molecule has 0 radical (unpaired) electrons. The average molecular weight is 347 g/mol. The normalized spacial score (nSPS) is 10.4. The predicted octanol–water partition coefficient (Wildman–Crippen LogP) is 2.91. The Hall–Kier alpha value is -0.880. The summed E-state index contributed by atoms with van der Waals surface area (Å²) < 4.78 is 2.62. The van der Waals surface area contributed by atoms with Crippen molar-refractivity contribution in [3.8, 4) is 0 Å². The first-order chi connectivity index (χ1) is 7.59. The van der Waals surface area contributed by atoms with Gasteiger partial charge in [0, 0.05) is 28.6 Å². The molecule has 0 aliphatic heterocycles. The number of aromatic nitrogens is 2. The van der Waals surface area contributed by atoms with Crippen LogP contribution < -0.4 is 0 Å². The third kappa shape index (κ3) is 2.12. The molecule has 2 aromatic rings. The first-order valence-corrected chi connectivity index (χ1v) is 6.02. The first kappa shape index (κ1) is 11.6. The third-order valence-electron chi connectivity index (χ3n) is 2.21. The van der Waals surface area contributed by atoms with Crippen molar-refractivity contribution in [2.45, 2.75) is 0 Å². The SMILES string of the molecule is Cn1ccnc1C(=O)c1ccc(I)c(Cl)c1. The van der Waals surface area contributed by atoms with Gasteiger partial charge < -0.3 is 4.57 Å². The number of hydrogen-bond acceptors (Lipinski definition) is 2. The van der Waals surface area contributed by atoms with Gasteiger partial charge >= 0.3 is 0 Å². The zero-order valence-corrected chi connectivity index (χ0v) is 11.4. The maximum Gasteiger partial charge on any atom is 0.228 e. The molecule has 0 spiro atoms. The Labute approximate surface area is 112 Å². The lowest BCUT2D eigenvalue weighted by molar-refractivity contribution is 0.102. The van der Waals surface area contributed by atoms with Gasteiger partial charge in [-0.05, 0) is 40.8 Å². The molecule has 1 heterocycles. The van der Waals surface area contributed by atoms with Crippen LogP contribution >= 0.6 is 34.2 Å². The molecule has 0 bridgehead atoms. The van der Waals surface area contributed by atoms with Crippen molar-refractivity contribution in [2.24, 2.45) is 7.05 Å². The van der Waals surface area contributed by atoms with E-state index in [9.17, 15) is 4.79 Å². The maximum atomic E-state index is 12.0. The van der Waals surface area contributed by atoms with Gasteiger partial charge in [-0.2, -0.15) is 0 Å². The fourth-order valence-electron chi connectivity index (χ4n) is 1.35. The lowest BCUT2D eigenvalue weighted by atomic mass is 10.1. The molecule has 0 atom stereocenters. The second kappa shape index (κ2) is 4.55. The third-order valence-corrected chi connectivity index (χ3v) is 3.78. The monoisotopic (exact) mass is 346 g/mol. The van der Waals surface area contributed by atoms with Gasteiger partial charge in [0.2, 0.25) is 5.78 Å². The zero-order valence-electron chi connectivity index (χ0n) is 8.45. The van der Waals surface area contributed by atoms with E-state index in [2.05, 4.69) is 27.6 Å². The second-order valence-electron chi connectivity index (χ2n) is 3.32. The van der Waals surface area contributed by atoms with Crippen LogP contribution in [0, 0.1) is 3.57 Å². The van der Waals surface area contributed by atoms with Crippen molar-refractivity contribution >= 4 is 40.0 Å². The van der Waals surface area contributed by atoms with Crippen LogP contribution in [-0.4, -0.2) is 15.3 Å². The van der Waals surface area contributed by atoms with Gasteiger partial charge in [-0.15, -0.1) is 0 Å². The molecule has 0 saturated carbocycles. The number of aryl methyl sites for hydroxylation is 1. The highest BCUT2D eigenvalue weighted by molar-refractivity contribution is 14.1. The summed E-state index contributed by atoms with van der Waals surface area (Å²) in [7, 11) is 1.79. The Morgan fingerprint density at radius 2 is 2.25 bits per heavy atom. The summed E-state index contributed by atoms with van der Waals surface area (Å²) >= 11 is 8.09. The molecule has 2 rings (SSSR count). The molecular formula is C11H8ClIN2O. The number of carbonyl (C=O) groups excluding carboxylic acids is 1. The summed E-state index contributed by atoms with van der Waals surface area (Å²) in [5, 5.41) is 0.584. The van der Waals surface area contributed by atoms with Crippen LogP contribution in [0.2, 0.25) is 5.02 Å². The van der Waals surface area contributed by atoms with Crippen molar-refractivity contribution in [2.75, 3.05) is 0 Å². The first-order valence-electron chi connectivity index (χ1n) is 4.56. The van der Waals surface area contributed by atoms with E-state index in [1.165, 1.54) is 0 Å². The van der Waals surface area contributed by atoms with Crippen molar-refractivity contribution in [3.63, 3.8) is 0 Å². The molecule has 0 unspecified atom stereocenters. The zero-order chi connectivity index (χ0) is 11.7. The Balaban J connectivity index is 2.42. The molecule has 1 aromatic heterocycles. The maximum absolute atomic E-state index is 12.0. The average Bonchev–Trinajstić information content (AvgIpc) is 2.67. The van der Waals surface area contributed by atoms with Gasteiger partial charge in [-0.1, -0.05) is 11.6 Å². The Morgan fingerprint density at radius 3 is 2.81 bits per heavy atom. The number of imidazole rings is 1. The van der Waals surface area contributed by atoms with Crippen LogP contribution in [0.5, 0.6) is 0 Å². The summed E-state index contributed by atoms with van der Waals surface area (Å²) in [6, 6.07) is 5.24. The van der Waals surface area contributed by atoms with Gasteiger partial charge in [0.25, 0.3) is 0 Å². The molecule has 5 heteroatoms. The van der Waals surface area contributed by atoms with Gasteiger partial charge in [0.15, 0.2) is 5.82 Å². The predicted molar refractivity (Wildman–Crippen MR) is 70.8 cm³/mol. The molecule has 0 aliphatic rings. The lowest BCUT2D eigenvalue weighted by Crippen LogP contribution is -2.08. The van der Waals surface area contributed by atoms with Gasteiger partial charge in [-0.25, -0.2) is 4.98 Å². The van der Waals surface area contributed by atoms with E-state index in [4.69, 9.17) is 11.6 Å². The fourth-order valence-corrected chi connectivity index (χ4v) is 1.87. The van der Waals surface area contributed by atoms with Crippen molar-refractivity contribution in [1.82, 2.24) is 9.55 Å². The summed E-state index contributed by atoms with van der Waals surface area (Å²) in [4.78, 5) is 16.1. The Kier molecular flexibility index (Phi) is 3.30. The van der Waals surface area contributed by atoms with Crippen LogP contribution in [0.1, 0.15) is 16.2 Å². The highest BCUT2D eigenvalue weighted by atomic mass is 127. The van der Waals surface area contributed by atoms with E-state index in [1.807, 2.05) is 6.07 Å². The molecule has 0 aliphatic carbocycles. The van der Waals surface area contributed by atoms with E-state index in [-0.39, 0.29) is 5.78 Å².